The van der Waals surface area contributed by atoms with E-state index in [-0.39, 0.29) is 17.7 Å². The molecule has 0 aliphatic heterocycles. The van der Waals surface area contributed by atoms with Crippen LogP contribution >= 0.6 is 0 Å². The summed E-state index contributed by atoms with van der Waals surface area (Å²) in [4.78, 5) is 11.0. The fourth-order valence-corrected chi connectivity index (χ4v) is 1.03. The number of nitrogens with zero attached hydrogens (tertiary/aromatic N) is 6. The second-order valence-corrected chi connectivity index (χ2v) is 3.29. The maximum absolute atomic E-state index is 5.43. The van der Waals surface area contributed by atoms with Crippen LogP contribution in [-0.4, -0.2) is 30.4 Å². The van der Waals surface area contributed by atoms with E-state index in [0.29, 0.717) is 17.2 Å². The van der Waals surface area contributed by atoms with E-state index in [2.05, 4.69) is 43.5 Å². The molecule has 0 atom stereocenters. The molecule has 2 heterocycles. The summed E-state index contributed by atoms with van der Waals surface area (Å²) in [7, 11) is 0. The predicted molar refractivity (Wildman–Crippen MR) is 77.5 cm³/mol. The normalized spacial score (nSPS) is 9.20. The molecule has 0 unspecified atom stereocenters. The first-order chi connectivity index (χ1) is 9.47. The average molecular weight is 274 g/mol. The maximum Gasteiger partial charge on any atom is 0.225 e. The molecule has 0 bridgehead atoms. The van der Waals surface area contributed by atoms with E-state index in [1.54, 1.807) is 0 Å². The molecule has 10 heteroatoms. The maximum atomic E-state index is 5.43. The van der Waals surface area contributed by atoms with Crippen LogP contribution in [0.5, 0.6) is 0 Å². The zero-order valence-electron chi connectivity index (χ0n) is 10.6. The quantitative estimate of drug-likeness (QED) is 0.549. The van der Waals surface area contributed by atoms with Crippen LogP contribution in [0.15, 0.2) is 13.2 Å². The van der Waals surface area contributed by atoms with Gasteiger partial charge in [0.1, 0.15) is 11.4 Å². The monoisotopic (exact) mass is 274 g/mol. The molecule has 20 heavy (non-hydrogen) atoms. The molecular weight excluding hydrogens is 260 g/mol. The third kappa shape index (κ3) is 3.87. The van der Waals surface area contributed by atoms with Gasteiger partial charge in [0, 0.05) is 0 Å². The smallest absolute Gasteiger partial charge is 0.225 e. The summed E-state index contributed by atoms with van der Waals surface area (Å²) in [6.45, 7) is 6.92. The lowest BCUT2D eigenvalue weighted by molar-refractivity contribution is 0.869. The van der Waals surface area contributed by atoms with Gasteiger partial charge in [-0.05, 0) is 17.4 Å². The van der Waals surface area contributed by atoms with Crippen molar-refractivity contribution in [1.82, 2.24) is 30.4 Å². The lowest BCUT2D eigenvalue weighted by Gasteiger charge is -1.97. The molecule has 104 valence electrons. The standard InChI is InChI=1S/2C5H7N5/c1-2-3-8-4(6)10-5(7)9-3;1-2-3-4(6)5(7)9-10-8-3/h2H,1H2,(H4,6,7,8,9,10);2H,1H2,(H2,6,10)(H2,7,8,9). The first-order valence-electron chi connectivity index (χ1n) is 5.24. The molecule has 2 aromatic rings. The van der Waals surface area contributed by atoms with Crippen LogP contribution in [0.1, 0.15) is 11.5 Å². The Labute approximate surface area is 114 Å². The number of hydrogen-bond acceptors (Lipinski definition) is 10. The second-order valence-electron chi connectivity index (χ2n) is 3.29. The molecule has 0 aliphatic carbocycles. The van der Waals surface area contributed by atoms with Crippen LogP contribution in [0, 0.1) is 0 Å². The molecule has 0 radical (unpaired) electrons. The van der Waals surface area contributed by atoms with Crippen molar-refractivity contribution in [3.05, 3.63) is 24.7 Å². The van der Waals surface area contributed by atoms with E-state index >= 15 is 0 Å². The Hall–Kier alpha value is -3.30. The van der Waals surface area contributed by atoms with Gasteiger partial charge in [0.25, 0.3) is 0 Å². The van der Waals surface area contributed by atoms with E-state index in [1.807, 2.05) is 0 Å². The summed E-state index contributed by atoms with van der Waals surface area (Å²) in [6.07, 6.45) is 2.93. The Kier molecular flexibility index (Phi) is 4.86. The van der Waals surface area contributed by atoms with Crippen molar-refractivity contribution >= 4 is 35.6 Å². The lowest BCUT2D eigenvalue weighted by atomic mass is 10.3. The molecule has 10 nitrogen and oxygen atoms in total. The van der Waals surface area contributed by atoms with Gasteiger partial charge in [-0.15, -0.1) is 10.2 Å². The van der Waals surface area contributed by atoms with Gasteiger partial charge in [0.05, 0.1) is 0 Å². The summed E-state index contributed by atoms with van der Waals surface area (Å²) in [5, 5.41) is 10.3. The first-order valence-corrected chi connectivity index (χ1v) is 5.24. The van der Waals surface area contributed by atoms with Crippen LogP contribution in [0.2, 0.25) is 0 Å². The minimum absolute atomic E-state index is 0.113. The minimum atomic E-state index is 0.113. The van der Waals surface area contributed by atoms with E-state index in [0.717, 1.165) is 0 Å². The fraction of sp³-hybridized carbons (Fsp3) is 0. The van der Waals surface area contributed by atoms with Crippen molar-refractivity contribution in [3.63, 3.8) is 0 Å². The summed E-state index contributed by atoms with van der Waals surface area (Å²) >= 11 is 0. The molecule has 2 aromatic heterocycles. The Bertz CT molecular complexity index is 603. The number of nitrogen functional groups attached to an aromatic ring is 4. The Morgan fingerprint density at radius 1 is 0.800 bits per heavy atom. The van der Waals surface area contributed by atoms with Crippen molar-refractivity contribution in [2.75, 3.05) is 22.9 Å². The predicted octanol–water partition coefficient (Wildman–Crippen LogP) is -0.642. The molecule has 0 spiro atoms. The topological polar surface area (TPSA) is 181 Å². The summed E-state index contributed by atoms with van der Waals surface area (Å²) in [6, 6.07) is 0. The number of hydrogen-bond donors (Lipinski definition) is 4. The molecule has 0 aromatic carbocycles. The SMILES string of the molecule is C=Cc1nc(N)nc(N)n1.C=Cc1nnnc(N)c1N. The average Bonchev–Trinajstić information content (AvgIpc) is 2.41. The number of rotatable bonds is 2. The fourth-order valence-electron chi connectivity index (χ4n) is 1.03. The summed E-state index contributed by atoms with van der Waals surface area (Å²) < 4.78 is 0. The van der Waals surface area contributed by atoms with E-state index in [1.165, 1.54) is 12.2 Å². The molecular formula is C10H14N10. The highest BCUT2D eigenvalue weighted by Crippen LogP contribution is 2.12. The van der Waals surface area contributed by atoms with Gasteiger partial charge < -0.3 is 22.9 Å². The molecule has 0 amide bonds. The second kappa shape index (κ2) is 6.58. The van der Waals surface area contributed by atoms with Crippen molar-refractivity contribution in [1.29, 1.82) is 0 Å². The van der Waals surface area contributed by atoms with Gasteiger partial charge >= 0.3 is 0 Å². The number of nitrogens with two attached hydrogens (primary N) is 4. The van der Waals surface area contributed by atoms with Crippen LogP contribution < -0.4 is 22.9 Å². The van der Waals surface area contributed by atoms with Gasteiger partial charge in [0.15, 0.2) is 11.6 Å². The Morgan fingerprint density at radius 3 is 1.85 bits per heavy atom. The van der Waals surface area contributed by atoms with Crippen molar-refractivity contribution < 1.29 is 0 Å². The third-order valence-electron chi connectivity index (χ3n) is 1.92. The summed E-state index contributed by atoms with van der Waals surface area (Å²) in [5.74, 6) is 0.805. The largest absolute Gasteiger partial charge is 0.394 e. The van der Waals surface area contributed by atoms with E-state index in [4.69, 9.17) is 22.9 Å². The van der Waals surface area contributed by atoms with E-state index in [9.17, 15) is 0 Å². The molecule has 0 fully saturated rings. The van der Waals surface area contributed by atoms with Crippen molar-refractivity contribution in [2.24, 2.45) is 0 Å². The molecule has 2 rings (SSSR count). The van der Waals surface area contributed by atoms with Gasteiger partial charge in [-0.3, -0.25) is 0 Å². The zero-order chi connectivity index (χ0) is 15.1. The molecule has 0 saturated heterocycles. The van der Waals surface area contributed by atoms with E-state index < -0.39 is 0 Å². The molecule has 8 N–H and O–H groups in total. The number of aromatic nitrogens is 6. The number of anilines is 4. The Morgan fingerprint density at radius 2 is 1.40 bits per heavy atom. The van der Waals surface area contributed by atoms with Crippen LogP contribution in [0.3, 0.4) is 0 Å². The van der Waals surface area contributed by atoms with Crippen LogP contribution in [0.4, 0.5) is 23.4 Å². The zero-order valence-corrected chi connectivity index (χ0v) is 10.6. The minimum Gasteiger partial charge on any atom is -0.394 e. The van der Waals surface area contributed by atoms with Crippen LogP contribution in [-0.2, 0) is 0 Å². The Balaban J connectivity index is 0.000000200. The summed E-state index contributed by atoms with van der Waals surface area (Å²) in [5.41, 5.74) is 22.0. The van der Waals surface area contributed by atoms with Crippen molar-refractivity contribution in [2.45, 2.75) is 0 Å². The highest BCUT2D eigenvalue weighted by molar-refractivity contribution is 5.68. The van der Waals surface area contributed by atoms with Crippen LogP contribution in [0.25, 0.3) is 12.2 Å². The molecule has 0 saturated carbocycles. The van der Waals surface area contributed by atoms with Gasteiger partial charge in [0.2, 0.25) is 11.9 Å². The molecule has 0 aliphatic rings. The third-order valence-corrected chi connectivity index (χ3v) is 1.92. The lowest BCUT2D eigenvalue weighted by Crippen LogP contribution is -2.04. The van der Waals surface area contributed by atoms with Gasteiger partial charge in [-0.25, -0.2) is 0 Å². The highest BCUT2D eigenvalue weighted by atomic mass is 15.3. The van der Waals surface area contributed by atoms with Gasteiger partial charge in [-0.1, -0.05) is 13.2 Å². The van der Waals surface area contributed by atoms with Crippen molar-refractivity contribution in [3.8, 4) is 0 Å². The highest BCUT2D eigenvalue weighted by Gasteiger charge is 2.00. The van der Waals surface area contributed by atoms with Gasteiger partial charge in [-0.2, -0.15) is 15.0 Å². The first kappa shape index (κ1) is 14.8.